The highest BCUT2D eigenvalue weighted by molar-refractivity contribution is 7.97. The van der Waals surface area contributed by atoms with E-state index in [0.29, 0.717) is 0 Å². The van der Waals surface area contributed by atoms with Crippen LogP contribution in [0.15, 0.2) is 29.2 Å². The SMILES string of the molecule is CSCc1cccc(S(N)(=O)=O)c1. The van der Waals surface area contributed by atoms with Crippen molar-refractivity contribution in [1.29, 1.82) is 0 Å². The lowest BCUT2D eigenvalue weighted by molar-refractivity contribution is 0.597. The summed E-state index contributed by atoms with van der Waals surface area (Å²) < 4.78 is 21.9. The molecule has 0 atom stereocenters. The minimum atomic E-state index is -3.55. The maximum atomic E-state index is 11.0. The summed E-state index contributed by atoms with van der Waals surface area (Å²) in [5, 5.41) is 4.99. The molecule has 0 radical (unpaired) electrons. The summed E-state index contributed by atoms with van der Waals surface area (Å²) in [4.78, 5) is 0.180. The zero-order chi connectivity index (χ0) is 9.90. The van der Waals surface area contributed by atoms with Gasteiger partial charge in [0.25, 0.3) is 0 Å². The van der Waals surface area contributed by atoms with Crippen molar-refractivity contribution in [1.82, 2.24) is 0 Å². The molecular weight excluding hydrogens is 206 g/mol. The third-order valence-electron chi connectivity index (χ3n) is 1.54. The molecule has 0 aromatic heterocycles. The predicted octanol–water partition coefficient (Wildman–Crippen LogP) is 1.20. The van der Waals surface area contributed by atoms with Crippen LogP contribution in [0.1, 0.15) is 5.56 Å². The second-order valence-corrected chi connectivity index (χ2v) is 5.05. The van der Waals surface area contributed by atoms with Crippen molar-refractivity contribution in [3.8, 4) is 0 Å². The van der Waals surface area contributed by atoms with Crippen LogP contribution in [0.3, 0.4) is 0 Å². The maximum absolute atomic E-state index is 11.0. The lowest BCUT2D eigenvalue weighted by Gasteiger charge is -2.01. The Labute approximate surface area is 82.4 Å². The molecule has 0 aliphatic rings. The lowest BCUT2D eigenvalue weighted by Crippen LogP contribution is -2.12. The highest BCUT2D eigenvalue weighted by atomic mass is 32.2. The number of benzene rings is 1. The largest absolute Gasteiger partial charge is 0.238 e. The van der Waals surface area contributed by atoms with Crippen molar-refractivity contribution in [2.24, 2.45) is 5.14 Å². The number of hydrogen-bond acceptors (Lipinski definition) is 3. The summed E-state index contributed by atoms with van der Waals surface area (Å²) in [5.41, 5.74) is 0.971. The van der Waals surface area contributed by atoms with E-state index in [1.807, 2.05) is 12.3 Å². The molecule has 1 rings (SSSR count). The van der Waals surface area contributed by atoms with Crippen LogP contribution >= 0.6 is 11.8 Å². The van der Waals surface area contributed by atoms with Crippen molar-refractivity contribution < 1.29 is 8.42 Å². The van der Waals surface area contributed by atoms with E-state index in [1.54, 1.807) is 23.9 Å². The molecule has 0 saturated carbocycles. The Morgan fingerprint density at radius 3 is 2.69 bits per heavy atom. The number of primary sulfonamides is 1. The summed E-state index contributed by atoms with van der Waals surface area (Å²) in [6, 6.07) is 6.68. The van der Waals surface area contributed by atoms with Crippen molar-refractivity contribution >= 4 is 21.8 Å². The number of thioether (sulfide) groups is 1. The Balaban J connectivity index is 3.06. The molecule has 72 valence electrons. The molecule has 1 aromatic rings. The molecule has 0 fully saturated rings. The highest BCUT2D eigenvalue weighted by Crippen LogP contribution is 2.13. The normalized spacial score (nSPS) is 11.5. The first-order valence-corrected chi connectivity index (χ1v) is 6.59. The van der Waals surface area contributed by atoms with E-state index in [1.165, 1.54) is 6.07 Å². The van der Waals surface area contributed by atoms with Gasteiger partial charge in [-0.1, -0.05) is 12.1 Å². The Hall–Kier alpha value is -0.520. The standard InChI is InChI=1S/C8H11NO2S2/c1-12-6-7-3-2-4-8(5-7)13(9,10)11/h2-5H,6H2,1H3,(H2,9,10,11). The van der Waals surface area contributed by atoms with Gasteiger partial charge in [0.15, 0.2) is 0 Å². The van der Waals surface area contributed by atoms with E-state index in [-0.39, 0.29) is 4.90 Å². The molecule has 0 unspecified atom stereocenters. The van der Waals surface area contributed by atoms with Crippen LogP contribution in [-0.2, 0) is 15.8 Å². The molecule has 13 heavy (non-hydrogen) atoms. The fourth-order valence-corrected chi connectivity index (χ4v) is 2.08. The van der Waals surface area contributed by atoms with Gasteiger partial charge in [-0.05, 0) is 24.0 Å². The summed E-state index contributed by atoms with van der Waals surface area (Å²) in [5.74, 6) is 0.795. The first-order chi connectivity index (χ1) is 6.04. The van der Waals surface area contributed by atoms with Crippen LogP contribution in [0.5, 0.6) is 0 Å². The van der Waals surface area contributed by atoms with Crippen LogP contribution in [-0.4, -0.2) is 14.7 Å². The Kier molecular flexibility index (Phi) is 3.35. The van der Waals surface area contributed by atoms with Crippen LogP contribution < -0.4 is 5.14 Å². The molecule has 3 nitrogen and oxygen atoms in total. The smallest absolute Gasteiger partial charge is 0.225 e. The van der Waals surface area contributed by atoms with E-state index in [2.05, 4.69) is 0 Å². The van der Waals surface area contributed by atoms with E-state index >= 15 is 0 Å². The van der Waals surface area contributed by atoms with Gasteiger partial charge in [0.1, 0.15) is 0 Å². The number of rotatable bonds is 3. The molecular formula is C8H11NO2S2. The monoisotopic (exact) mass is 217 g/mol. The van der Waals surface area contributed by atoms with E-state index in [0.717, 1.165) is 11.3 Å². The fraction of sp³-hybridized carbons (Fsp3) is 0.250. The van der Waals surface area contributed by atoms with Gasteiger partial charge in [0, 0.05) is 5.75 Å². The minimum absolute atomic E-state index is 0.180. The van der Waals surface area contributed by atoms with Gasteiger partial charge in [-0.3, -0.25) is 0 Å². The Morgan fingerprint density at radius 2 is 2.15 bits per heavy atom. The van der Waals surface area contributed by atoms with E-state index in [4.69, 9.17) is 5.14 Å². The summed E-state index contributed by atoms with van der Waals surface area (Å²) in [7, 11) is -3.55. The number of sulfonamides is 1. The molecule has 0 spiro atoms. The third kappa shape index (κ3) is 3.02. The van der Waals surface area contributed by atoms with Gasteiger partial charge in [-0.15, -0.1) is 0 Å². The van der Waals surface area contributed by atoms with Crippen LogP contribution in [0.25, 0.3) is 0 Å². The van der Waals surface area contributed by atoms with Crippen LogP contribution in [0.2, 0.25) is 0 Å². The van der Waals surface area contributed by atoms with E-state index < -0.39 is 10.0 Å². The van der Waals surface area contributed by atoms with Crippen LogP contribution in [0, 0.1) is 0 Å². The van der Waals surface area contributed by atoms with Gasteiger partial charge >= 0.3 is 0 Å². The molecule has 0 bridgehead atoms. The summed E-state index contributed by atoms with van der Waals surface area (Å²) >= 11 is 1.64. The second kappa shape index (κ2) is 4.13. The highest BCUT2D eigenvalue weighted by Gasteiger charge is 2.06. The zero-order valence-corrected chi connectivity index (χ0v) is 8.86. The maximum Gasteiger partial charge on any atom is 0.238 e. The minimum Gasteiger partial charge on any atom is -0.225 e. The second-order valence-electron chi connectivity index (χ2n) is 2.63. The van der Waals surface area contributed by atoms with Crippen LogP contribution in [0.4, 0.5) is 0 Å². The van der Waals surface area contributed by atoms with Gasteiger partial charge in [-0.2, -0.15) is 11.8 Å². The summed E-state index contributed by atoms with van der Waals surface area (Å²) in [6.45, 7) is 0. The topological polar surface area (TPSA) is 60.2 Å². The van der Waals surface area contributed by atoms with E-state index in [9.17, 15) is 8.42 Å². The summed E-state index contributed by atoms with van der Waals surface area (Å²) in [6.07, 6.45) is 1.96. The Morgan fingerprint density at radius 1 is 1.46 bits per heavy atom. The Bertz CT molecular complexity index is 387. The van der Waals surface area contributed by atoms with Gasteiger partial charge in [0.2, 0.25) is 10.0 Å². The molecule has 0 saturated heterocycles. The van der Waals surface area contributed by atoms with Gasteiger partial charge in [-0.25, -0.2) is 13.6 Å². The first-order valence-electron chi connectivity index (χ1n) is 3.65. The number of nitrogens with two attached hydrogens (primary N) is 1. The zero-order valence-electron chi connectivity index (χ0n) is 7.23. The molecule has 0 aliphatic heterocycles. The third-order valence-corrected chi connectivity index (χ3v) is 3.07. The van der Waals surface area contributed by atoms with Gasteiger partial charge < -0.3 is 0 Å². The first kappa shape index (κ1) is 10.6. The fourth-order valence-electron chi connectivity index (χ4n) is 0.979. The molecule has 1 aromatic carbocycles. The predicted molar refractivity (Wildman–Crippen MR) is 55.0 cm³/mol. The van der Waals surface area contributed by atoms with Crippen molar-refractivity contribution in [3.05, 3.63) is 29.8 Å². The molecule has 0 aliphatic carbocycles. The lowest BCUT2D eigenvalue weighted by atomic mass is 10.2. The van der Waals surface area contributed by atoms with Crippen molar-refractivity contribution in [2.75, 3.05) is 6.26 Å². The van der Waals surface area contributed by atoms with Gasteiger partial charge in [0.05, 0.1) is 4.90 Å². The molecule has 0 heterocycles. The van der Waals surface area contributed by atoms with Crippen molar-refractivity contribution in [2.45, 2.75) is 10.6 Å². The van der Waals surface area contributed by atoms with Crippen molar-refractivity contribution in [3.63, 3.8) is 0 Å². The average molecular weight is 217 g/mol. The molecule has 5 heteroatoms. The quantitative estimate of drug-likeness (QED) is 0.827. The average Bonchev–Trinajstić information content (AvgIpc) is 2.04. The number of hydrogen-bond donors (Lipinski definition) is 1. The molecule has 2 N–H and O–H groups in total. The molecule has 0 amide bonds.